The average Bonchev–Trinajstić information content (AvgIpc) is 2.67. The van der Waals surface area contributed by atoms with Crippen molar-refractivity contribution in [3.63, 3.8) is 0 Å². The summed E-state index contributed by atoms with van der Waals surface area (Å²) < 4.78 is 17.2. The van der Waals surface area contributed by atoms with Gasteiger partial charge in [0.2, 0.25) is 0 Å². The van der Waals surface area contributed by atoms with Crippen LogP contribution in [0.1, 0.15) is 43.4 Å². The highest BCUT2D eigenvalue weighted by atomic mass is 16.6. The summed E-state index contributed by atoms with van der Waals surface area (Å²) in [6.45, 7) is 9.66. The van der Waals surface area contributed by atoms with Crippen LogP contribution in [0, 0.1) is 6.92 Å². The second-order valence-electron chi connectivity index (χ2n) is 7.63. The van der Waals surface area contributed by atoms with Crippen LogP contribution in [0.5, 0.6) is 17.2 Å². The zero-order chi connectivity index (χ0) is 20.3. The molecule has 5 heteroatoms. The van der Waals surface area contributed by atoms with Gasteiger partial charge in [-0.1, -0.05) is 32.0 Å². The molecule has 1 unspecified atom stereocenters. The Hall–Kier alpha value is -2.69. The minimum Gasteiger partial charge on any atom is -0.486 e. The third-order valence-electron chi connectivity index (χ3n) is 4.85. The zero-order valence-corrected chi connectivity index (χ0v) is 17.3. The molecule has 1 amide bonds. The number of fused-ring (bicyclic) bond motifs is 1. The highest BCUT2D eigenvalue weighted by Crippen LogP contribution is 2.31. The Balaban J connectivity index is 1.67. The van der Waals surface area contributed by atoms with Crippen molar-refractivity contribution in [3.05, 3.63) is 53.1 Å². The summed E-state index contributed by atoms with van der Waals surface area (Å²) in [7, 11) is 1.79. The number of likely N-dealkylation sites (N-methyl/N-ethyl adjacent to an activating group) is 1. The molecule has 0 spiro atoms. The molecule has 0 aromatic heterocycles. The van der Waals surface area contributed by atoms with E-state index in [4.69, 9.17) is 14.2 Å². The van der Waals surface area contributed by atoms with Crippen LogP contribution >= 0.6 is 0 Å². The predicted molar refractivity (Wildman–Crippen MR) is 109 cm³/mol. The van der Waals surface area contributed by atoms with Gasteiger partial charge in [-0.3, -0.25) is 4.79 Å². The molecule has 0 saturated carbocycles. The van der Waals surface area contributed by atoms with Crippen molar-refractivity contribution in [3.8, 4) is 17.2 Å². The molecule has 1 atom stereocenters. The molecular formula is C23H29NO4. The van der Waals surface area contributed by atoms with Crippen molar-refractivity contribution in [1.29, 1.82) is 0 Å². The van der Waals surface area contributed by atoms with Crippen LogP contribution in [-0.2, 0) is 11.3 Å². The molecule has 0 N–H and O–H groups in total. The van der Waals surface area contributed by atoms with E-state index in [0.717, 1.165) is 33.9 Å². The van der Waals surface area contributed by atoms with Gasteiger partial charge in [-0.15, -0.1) is 0 Å². The van der Waals surface area contributed by atoms with E-state index in [2.05, 4.69) is 26.0 Å². The fraction of sp³-hybridized carbons (Fsp3) is 0.435. The second-order valence-corrected chi connectivity index (χ2v) is 7.63. The lowest BCUT2D eigenvalue weighted by Gasteiger charge is -2.25. The Labute approximate surface area is 167 Å². The number of ether oxygens (including phenoxy) is 3. The third kappa shape index (κ3) is 4.58. The summed E-state index contributed by atoms with van der Waals surface area (Å²) in [5.41, 5.74) is 3.22. The van der Waals surface area contributed by atoms with Crippen molar-refractivity contribution >= 4 is 5.91 Å². The van der Waals surface area contributed by atoms with Crippen LogP contribution < -0.4 is 14.2 Å². The Morgan fingerprint density at radius 2 is 1.79 bits per heavy atom. The van der Waals surface area contributed by atoms with E-state index in [-0.39, 0.29) is 5.91 Å². The number of carbonyl (C=O) groups excluding carboxylic acids is 1. The second kappa shape index (κ2) is 8.55. The van der Waals surface area contributed by atoms with Crippen molar-refractivity contribution in [2.75, 3.05) is 20.3 Å². The predicted octanol–water partition coefficient (Wildman–Crippen LogP) is 4.32. The van der Waals surface area contributed by atoms with Crippen molar-refractivity contribution in [2.24, 2.45) is 0 Å². The summed E-state index contributed by atoms with van der Waals surface area (Å²) in [6, 6.07) is 11.9. The third-order valence-corrected chi connectivity index (χ3v) is 4.85. The monoisotopic (exact) mass is 383 g/mol. The number of aryl methyl sites for hydroxylation is 1. The molecule has 2 aromatic carbocycles. The maximum absolute atomic E-state index is 12.9. The van der Waals surface area contributed by atoms with E-state index in [9.17, 15) is 4.79 Å². The van der Waals surface area contributed by atoms with Crippen LogP contribution in [0.4, 0.5) is 0 Å². The topological polar surface area (TPSA) is 48.0 Å². The molecule has 0 fully saturated rings. The SMILES string of the molecule is Cc1ccc(C(C)C)c(OC(C)C(=O)N(C)Cc2ccc3c(c2)OCCO3)c1. The van der Waals surface area contributed by atoms with Gasteiger partial charge in [0, 0.05) is 13.6 Å². The summed E-state index contributed by atoms with van der Waals surface area (Å²) in [4.78, 5) is 14.5. The normalized spacial score (nSPS) is 13.9. The molecule has 150 valence electrons. The van der Waals surface area contributed by atoms with Gasteiger partial charge in [0.15, 0.2) is 17.6 Å². The molecule has 3 rings (SSSR count). The number of benzene rings is 2. The Morgan fingerprint density at radius 1 is 1.07 bits per heavy atom. The number of rotatable bonds is 6. The molecule has 28 heavy (non-hydrogen) atoms. The van der Waals surface area contributed by atoms with Gasteiger partial charge in [0.05, 0.1) is 0 Å². The van der Waals surface area contributed by atoms with Gasteiger partial charge < -0.3 is 19.1 Å². The van der Waals surface area contributed by atoms with Crippen LogP contribution in [0.3, 0.4) is 0 Å². The van der Waals surface area contributed by atoms with Gasteiger partial charge in [-0.25, -0.2) is 0 Å². The first kappa shape index (κ1) is 20.1. The smallest absolute Gasteiger partial charge is 0.263 e. The standard InChI is InChI=1S/C23H29NO4/c1-15(2)19-8-6-16(3)12-21(19)28-17(4)23(25)24(5)14-18-7-9-20-22(13-18)27-11-10-26-20/h6-9,12-13,15,17H,10-11,14H2,1-5H3. The lowest BCUT2D eigenvalue weighted by molar-refractivity contribution is -0.137. The number of hydrogen-bond donors (Lipinski definition) is 0. The lowest BCUT2D eigenvalue weighted by Crippen LogP contribution is -2.37. The molecule has 5 nitrogen and oxygen atoms in total. The van der Waals surface area contributed by atoms with Crippen LogP contribution in [0.2, 0.25) is 0 Å². The van der Waals surface area contributed by atoms with E-state index >= 15 is 0 Å². The largest absolute Gasteiger partial charge is 0.486 e. The molecule has 1 heterocycles. The van der Waals surface area contributed by atoms with Crippen LogP contribution in [-0.4, -0.2) is 37.2 Å². The Kier molecular flexibility index (Phi) is 6.12. The summed E-state index contributed by atoms with van der Waals surface area (Å²) in [6.07, 6.45) is -0.568. The lowest BCUT2D eigenvalue weighted by atomic mass is 10.0. The molecule has 0 radical (unpaired) electrons. The summed E-state index contributed by atoms with van der Waals surface area (Å²) in [5.74, 6) is 2.53. The molecule has 2 aromatic rings. The fourth-order valence-electron chi connectivity index (χ4n) is 3.31. The molecule has 0 aliphatic carbocycles. The highest BCUT2D eigenvalue weighted by molar-refractivity contribution is 5.80. The van der Waals surface area contributed by atoms with Gasteiger partial charge in [-0.2, -0.15) is 0 Å². The molecule has 0 saturated heterocycles. The number of amides is 1. The molecular weight excluding hydrogens is 354 g/mol. The average molecular weight is 383 g/mol. The quantitative estimate of drug-likeness (QED) is 0.746. The van der Waals surface area contributed by atoms with Crippen LogP contribution in [0.15, 0.2) is 36.4 Å². The van der Waals surface area contributed by atoms with Gasteiger partial charge in [0.1, 0.15) is 19.0 Å². The maximum Gasteiger partial charge on any atom is 0.263 e. The van der Waals surface area contributed by atoms with Crippen molar-refractivity contribution in [2.45, 2.75) is 46.3 Å². The minimum absolute atomic E-state index is 0.0638. The van der Waals surface area contributed by atoms with E-state index in [1.165, 1.54) is 0 Å². The highest BCUT2D eigenvalue weighted by Gasteiger charge is 2.22. The number of nitrogens with zero attached hydrogens (tertiary/aromatic N) is 1. The van der Waals surface area contributed by atoms with E-state index in [0.29, 0.717) is 25.7 Å². The summed E-state index contributed by atoms with van der Waals surface area (Å²) in [5, 5.41) is 0. The Bertz CT molecular complexity index is 846. The first-order chi connectivity index (χ1) is 13.3. The molecule has 0 bridgehead atoms. The van der Waals surface area contributed by atoms with Gasteiger partial charge in [0.25, 0.3) is 5.91 Å². The minimum atomic E-state index is -0.568. The van der Waals surface area contributed by atoms with E-state index in [1.807, 2.05) is 31.2 Å². The maximum atomic E-state index is 12.9. The first-order valence-corrected chi connectivity index (χ1v) is 9.76. The van der Waals surface area contributed by atoms with Gasteiger partial charge in [-0.05, 0) is 54.7 Å². The zero-order valence-electron chi connectivity index (χ0n) is 17.3. The fourth-order valence-corrected chi connectivity index (χ4v) is 3.31. The van der Waals surface area contributed by atoms with E-state index < -0.39 is 6.10 Å². The van der Waals surface area contributed by atoms with Crippen molar-refractivity contribution in [1.82, 2.24) is 4.90 Å². The molecule has 1 aliphatic heterocycles. The first-order valence-electron chi connectivity index (χ1n) is 9.76. The number of hydrogen-bond acceptors (Lipinski definition) is 4. The van der Waals surface area contributed by atoms with E-state index in [1.54, 1.807) is 18.9 Å². The number of carbonyl (C=O) groups is 1. The Morgan fingerprint density at radius 3 is 2.50 bits per heavy atom. The molecule has 1 aliphatic rings. The van der Waals surface area contributed by atoms with Gasteiger partial charge >= 0.3 is 0 Å². The van der Waals surface area contributed by atoms with Crippen LogP contribution in [0.25, 0.3) is 0 Å². The summed E-state index contributed by atoms with van der Waals surface area (Å²) >= 11 is 0. The van der Waals surface area contributed by atoms with Crippen molar-refractivity contribution < 1.29 is 19.0 Å².